The maximum atomic E-state index is 12.7. The maximum Gasteiger partial charge on any atom is 0.306 e. The second-order valence-corrected chi connectivity index (χ2v) is 14.3. The summed E-state index contributed by atoms with van der Waals surface area (Å²) in [6.07, 6.45) is 49.2. The summed E-state index contributed by atoms with van der Waals surface area (Å²) in [5, 5.41) is 0. The summed E-state index contributed by atoms with van der Waals surface area (Å²) in [6.45, 7) is 6.37. The number of unbranched alkanes of at least 4 members (excludes halogenated alkanes) is 19. The van der Waals surface area contributed by atoms with Gasteiger partial charge in [-0.15, -0.1) is 0 Å². The minimum atomic E-state index is -0.790. The van der Waals surface area contributed by atoms with Gasteiger partial charge in [0.1, 0.15) is 13.2 Å². The summed E-state index contributed by atoms with van der Waals surface area (Å²) in [5.41, 5.74) is 0. The number of carbonyl (C=O) groups is 3. The Morgan fingerprint density at radius 2 is 0.792 bits per heavy atom. The van der Waals surface area contributed by atoms with E-state index in [4.69, 9.17) is 14.2 Å². The molecule has 0 aromatic carbocycles. The van der Waals surface area contributed by atoms with Gasteiger partial charge in [0.05, 0.1) is 0 Å². The van der Waals surface area contributed by atoms with E-state index in [1.54, 1.807) is 0 Å². The van der Waals surface area contributed by atoms with Gasteiger partial charge in [-0.3, -0.25) is 14.4 Å². The Hall–Kier alpha value is -2.89. The van der Waals surface area contributed by atoms with Crippen LogP contribution in [0.2, 0.25) is 0 Å². The molecule has 0 radical (unpaired) electrons. The Morgan fingerprint density at radius 1 is 0.396 bits per heavy atom. The van der Waals surface area contributed by atoms with E-state index in [2.05, 4.69) is 81.5 Å². The van der Waals surface area contributed by atoms with E-state index in [0.717, 1.165) is 77.0 Å². The van der Waals surface area contributed by atoms with Crippen molar-refractivity contribution in [3.05, 3.63) is 60.8 Å². The van der Waals surface area contributed by atoms with Crippen LogP contribution in [0.25, 0.3) is 0 Å². The minimum absolute atomic E-state index is 0.0932. The summed E-state index contributed by atoms with van der Waals surface area (Å²) in [4.78, 5) is 37.6. The summed E-state index contributed by atoms with van der Waals surface area (Å²) in [6, 6.07) is 0. The summed E-state index contributed by atoms with van der Waals surface area (Å²) >= 11 is 0. The number of hydrogen-bond donors (Lipinski definition) is 0. The molecule has 0 saturated carbocycles. The molecule has 0 aliphatic carbocycles. The van der Waals surface area contributed by atoms with Gasteiger partial charge in [0.25, 0.3) is 0 Å². The Bertz CT molecular complexity index is 991. The molecule has 0 heterocycles. The molecule has 1 atom stereocenters. The van der Waals surface area contributed by atoms with E-state index in [0.29, 0.717) is 25.7 Å². The average molecular weight is 741 g/mol. The highest BCUT2D eigenvalue weighted by Gasteiger charge is 2.19. The van der Waals surface area contributed by atoms with Crippen LogP contribution in [0.15, 0.2) is 60.8 Å². The van der Waals surface area contributed by atoms with Crippen molar-refractivity contribution >= 4 is 17.9 Å². The van der Waals surface area contributed by atoms with Gasteiger partial charge in [0.15, 0.2) is 6.10 Å². The molecule has 0 aromatic heterocycles. The summed E-state index contributed by atoms with van der Waals surface area (Å²) < 4.78 is 16.6. The first-order valence-corrected chi connectivity index (χ1v) is 21.8. The molecule has 0 spiro atoms. The molecule has 0 bridgehead atoms. The zero-order valence-corrected chi connectivity index (χ0v) is 34.5. The van der Waals surface area contributed by atoms with Crippen LogP contribution in [0.1, 0.15) is 201 Å². The minimum Gasteiger partial charge on any atom is -0.462 e. The van der Waals surface area contributed by atoms with Crippen molar-refractivity contribution in [3.63, 3.8) is 0 Å². The fourth-order valence-electron chi connectivity index (χ4n) is 5.72. The third-order valence-corrected chi connectivity index (χ3v) is 9.04. The normalized spacial score (nSPS) is 12.6. The van der Waals surface area contributed by atoms with E-state index in [1.807, 2.05) is 0 Å². The van der Waals surface area contributed by atoms with E-state index in [-0.39, 0.29) is 31.1 Å². The van der Waals surface area contributed by atoms with Crippen LogP contribution in [0, 0.1) is 0 Å². The van der Waals surface area contributed by atoms with Gasteiger partial charge in [0.2, 0.25) is 0 Å². The van der Waals surface area contributed by atoms with Crippen molar-refractivity contribution in [2.24, 2.45) is 0 Å². The Morgan fingerprint density at radius 3 is 1.32 bits per heavy atom. The lowest BCUT2D eigenvalue weighted by Crippen LogP contribution is -2.30. The molecule has 53 heavy (non-hydrogen) atoms. The molecule has 0 rings (SSSR count). The molecule has 0 aromatic rings. The van der Waals surface area contributed by atoms with Crippen LogP contribution in [-0.4, -0.2) is 37.2 Å². The molecule has 304 valence electrons. The summed E-state index contributed by atoms with van der Waals surface area (Å²) in [7, 11) is 0. The van der Waals surface area contributed by atoms with Crippen LogP contribution < -0.4 is 0 Å². The number of hydrogen-bond acceptors (Lipinski definition) is 6. The third-order valence-electron chi connectivity index (χ3n) is 9.04. The van der Waals surface area contributed by atoms with Crippen molar-refractivity contribution in [2.75, 3.05) is 13.2 Å². The molecule has 0 aliphatic heterocycles. The number of allylic oxidation sites excluding steroid dienone is 10. The van der Waals surface area contributed by atoms with Gasteiger partial charge in [-0.25, -0.2) is 0 Å². The number of carbonyl (C=O) groups excluding carboxylic acids is 3. The molecule has 0 amide bonds. The molecular formula is C47H80O6. The quantitative estimate of drug-likeness (QED) is 0.0206. The van der Waals surface area contributed by atoms with E-state index in [1.165, 1.54) is 77.0 Å². The van der Waals surface area contributed by atoms with Crippen molar-refractivity contribution < 1.29 is 28.6 Å². The second kappa shape index (κ2) is 41.9. The van der Waals surface area contributed by atoms with Crippen LogP contribution in [0.3, 0.4) is 0 Å². The number of esters is 3. The topological polar surface area (TPSA) is 78.9 Å². The second-order valence-electron chi connectivity index (χ2n) is 14.3. The molecule has 6 heteroatoms. The van der Waals surface area contributed by atoms with E-state index < -0.39 is 6.10 Å². The fraction of sp³-hybridized carbons (Fsp3) is 0.723. The Balaban J connectivity index is 4.40. The fourth-order valence-corrected chi connectivity index (χ4v) is 5.72. The molecule has 0 fully saturated rings. The predicted octanol–water partition coefficient (Wildman–Crippen LogP) is 13.7. The van der Waals surface area contributed by atoms with Gasteiger partial charge in [-0.1, -0.05) is 165 Å². The van der Waals surface area contributed by atoms with E-state index in [9.17, 15) is 14.4 Å². The highest BCUT2D eigenvalue weighted by atomic mass is 16.6. The van der Waals surface area contributed by atoms with Crippen LogP contribution in [0.4, 0.5) is 0 Å². The lowest BCUT2D eigenvalue weighted by atomic mass is 10.1. The van der Waals surface area contributed by atoms with Crippen LogP contribution in [0.5, 0.6) is 0 Å². The van der Waals surface area contributed by atoms with Crippen molar-refractivity contribution in [1.82, 2.24) is 0 Å². The average Bonchev–Trinajstić information content (AvgIpc) is 3.15. The number of rotatable bonds is 38. The van der Waals surface area contributed by atoms with Gasteiger partial charge in [-0.05, 0) is 77.0 Å². The Kier molecular flexibility index (Phi) is 39.6. The number of ether oxygens (including phenoxy) is 3. The molecule has 6 nitrogen and oxygen atoms in total. The van der Waals surface area contributed by atoms with Crippen LogP contribution in [-0.2, 0) is 28.6 Å². The summed E-state index contributed by atoms with van der Waals surface area (Å²) in [5.74, 6) is -0.958. The molecule has 0 N–H and O–H groups in total. The standard InChI is InChI=1S/C47H80O6/c1-4-7-10-13-16-19-21-22-23-24-26-28-31-34-37-40-46(49)52-43-44(42-51-45(48)39-36-33-30-27-18-15-12-9-6-3)53-47(50)41-38-35-32-29-25-20-17-14-11-8-5-2/h7,10,13-14,16-17,19,21,27,30,44H,4-6,8-9,11-12,15,18,20,22-26,28-29,31-43H2,1-3H3/b10-7-,16-13-,17-14-,21-19-,30-27-. The first-order chi connectivity index (χ1) is 26.0. The third kappa shape index (κ3) is 40.1. The highest BCUT2D eigenvalue weighted by Crippen LogP contribution is 2.13. The zero-order chi connectivity index (χ0) is 38.7. The molecular weight excluding hydrogens is 661 g/mol. The zero-order valence-electron chi connectivity index (χ0n) is 34.5. The van der Waals surface area contributed by atoms with Crippen molar-refractivity contribution in [1.29, 1.82) is 0 Å². The lowest BCUT2D eigenvalue weighted by molar-refractivity contribution is -0.167. The first kappa shape index (κ1) is 50.1. The Labute approximate surface area is 326 Å². The largest absolute Gasteiger partial charge is 0.462 e. The smallest absolute Gasteiger partial charge is 0.306 e. The molecule has 0 aliphatic rings. The van der Waals surface area contributed by atoms with E-state index >= 15 is 0 Å². The van der Waals surface area contributed by atoms with Gasteiger partial charge in [-0.2, -0.15) is 0 Å². The SMILES string of the molecule is CC\C=C/C=C\C=C/CCCCCCCCCC(=O)OCC(COC(=O)CCC/C=C\CCCCCC)OC(=O)CCCCCCC/C=C\CCCC. The molecule has 1 unspecified atom stereocenters. The van der Waals surface area contributed by atoms with Gasteiger partial charge >= 0.3 is 17.9 Å². The monoisotopic (exact) mass is 741 g/mol. The van der Waals surface area contributed by atoms with Crippen LogP contribution >= 0.6 is 0 Å². The van der Waals surface area contributed by atoms with Gasteiger partial charge in [0, 0.05) is 19.3 Å². The molecule has 0 saturated heterocycles. The van der Waals surface area contributed by atoms with Crippen molar-refractivity contribution in [2.45, 2.75) is 207 Å². The predicted molar refractivity (Wildman–Crippen MR) is 224 cm³/mol. The highest BCUT2D eigenvalue weighted by molar-refractivity contribution is 5.71. The lowest BCUT2D eigenvalue weighted by Gasteiger charge is -2.18. The maximum absolute atomic E-state index is 12.7. The van der Waals surface area contributed by atoms with Gasteiger partial charge < -0.3 is 14.2 Å². The first-order valence-electron chi connectivity index (χ1n) is 21.8. The van der Waals surface area contributed by atoms with Crippen molar-refractivity contribution in [3.8, 4) is 0 Å².